The first kappa shape index (κ1) is 17.7. The summed E-state index contributed by atoms with van der Waals surface area (Å²) in [6, 6.07) is 8.31. The van der Waals surface area contributed by atoms with Gasteiger partial charge in [-0.1, -0.05) is 17.2 Å². The van der Waals surface area contributed by atoms with Gasteiger partial charge in [-0.3, -0.25) is 4.79 Å². The summed E-state index contributed by atoms with van der Waals surface area (Å²) in [5.41, 5.74) is 1.55. The second kappa shape index (κ2) is 6.62. The Hall–Kier alpha value is -3.16. The van der Waals surface area contributed by atoms with Crippen LogP contribution >= 0.6 is 0 Å². The van der Waals surface area contributed by atoms with Gasteiger partial charge in [-0.15, -0.1) is 0 Å². The molecule has 5 nitrogen and oxygen atoms in total. The minimum Gasteiger partial charge on any atom is -0.320 e. The summed E-state index contributed by atoms with van der Waals surface area (Å²) in [6.45, 7) is 3.68. The molecule has 1 aromatic heterocycles. The fourth-order valence-corrected chi connectivity index (χ4v) is 2.65. The number of carbonyl (C=O) groups is 1. The Kier molecular flexibility index (Phi) is 4.50. The van der Waals surface area contributed by atoms with E-state index in [4.69, 9.17) is 0 Å². The molecule has 134 valence electrons. The number of amides is 1. The van der Waals surface area contributed by atoms with Gasteiger partial charge in [0.25, 0.3) is 5.91 Å². The number of hydrogen-bond acceptors (Lipinski definition) is 3. The third-order valence-corrected chi connectivity index (χ3v) is 3.72. The number of anilines is 1. The van der Waals surface area contributed by atoms with E-state index < -0.39 is 17.6 Å². The number of halogens is 3. The average molecular weight is 360 g/mol. The molecule has 1 N–H and O–H groups in total. The molecule has 1 amide bonds. The van der Waals surface area contributed by atoms with E-state index in [-0.39, 0.29) is 11.4 Å². The second-order valence-corrected chi connectivity index (χ2v) is 5.90. The molecule has 0 fully saturated rings. The summed E-state index contributed by atoms with van der Waals surface area (Å²) >= 11 is 0. The van der Waals surface area contributed by atoms with Gasteiger partial charge in [0.2, 0.25) is 0 Å². The van der Waals surface area contributed by atoms with Crippen molar-refractivity contribution in [2.24, 2.45) is 0 Å². The molecule has 0 radical (unpaired) electrons. The first-order valence-electron chi connectivity index (χ1n) is 7.70. The molecule has 0 saturated carbocycles. The zero-order valence-corrected chi connectivity index (χ0v) is 14.0. The largest absolute Gasteiger partial charge is 0.416 e. The molecular formula is C18H15F3N4O. The zero-order valence-electron chi connectivity index (χ0n) is 14.0. The van der Waals surface area contributed by atoms with Crippen molar-refractivity contribution in [3.63, 3.8) is 0 Å². The zero-order chi connectivity index (χ0) is 18.9. The van der Waals surface area contributed by atoms with Gasteiger partial charge in [0.1, 0.15) is 12.7 Å². The molecule has 0 saturated heterocycles. The number of benzene rings is 2. The number of alkyl halides is 3. The molecule has 0 bridgehead atoms. The Balaban J connectivity index is 2.02. The molecule has 1 heterocycles. The Bertz CT molecular complexity index is 929. The molecule has 0 atom stereocenters. The maximum absolute atomic E-state index is 13.1. The van der Waals surface area contributed by atoms with E-state index in [1.54, 1.807) is 12.1 Å². The first-order valence-corrected chi connectivity index (χ1v) is 7.70. The van der Waals surface area contributed by atoms with Crippen LogP contribution in [0.2, 0.25) is 0 Å². The predicted octanol–water partition coefficient (Wildman–Crippen LogP) is 4.16. The second-order valence-electron chi connectivity index (χ2n) is 5.90. The van der Waals surface area contributed by atoms with Gasteiger partial charge in [0.05, 0.1) is 16.9 Å². The molecule has 0 aliphatic carbocycles. The molecule has 0 aliphatic rings. The molecule has 0 spiro atoms. The maximum Gasteiger partial charge on any atom is 0.416 e. The SMILES string of the molecule is Cc1cc(C)cc(C(=O)Nc2cc(C(F)(F)F)ccc2-n2cncn2)c1. The van der Waals surface area contributed by atoms with E-state index in [1.165, 1.54) is 23.4 Å². The van der Waals surface area contributed by atoms with E-state index in [1.807, 2.05) is 19.9 Å². The van der Waals surface area contributed by atoms with E-state index >= 15 is 0 Å². The van der Waals surface area contributed by atoms with Gasteiger partial charge in [-0.05, 0) is 44.2 Å². The lowest BCUT2D eigenvalue weighted by Crippen LogP contribution is -2.16. The predicted molar refractivity (Wildman–Crippen MR) is 90.2 cm³/mol. The number of hydrogen-bond donors (Lipinski definition) is 1. The minimum atomic E-state index is -4.53. The highest BCUT2D eigenvalue weighted by Gasteiger charge is 2.31. The van der Waals surface area contributed by atoms with Gasteiger partial charge >= 0.3 is 6.18 Å². The molecule has 0 unspecified atom stereocenters. The number of nitrogens with zero attached hydrogens (tertiary/aromatic N) is 3. The van der Waals surface area contributed by atoms with Crippen LogP contribution in [0.25, 0.3) is 5.69 Å². The molecule has 26 heavy (non-hydrogen) atoms. The molecule has 2 aromatic carbocycles. The molecular weight excluding hydrogens is 345 g/mol. The summed E-state index contributed by atoms with van der Waals surface area (Å²) in [5, 5.41) is 6.47. The van der Waals surface area contributed by atoms with E-state index in [2.05, 4.69) is 15.4 Å². The van der Waals surface area contributed by atoms with Crippen LogP contribution < -0.4 is 5.32 Å². The van der Waals surface area contributed by atoms with Crippen molar-refractivity contribution >= 4 is 11.6 Å². The highest BCUT2D eigenvalue weighted by atomic mass is 19.4. The fourth-order valence-electron chi connectivity index (χ4n) is 2.65. The Morgan fingerprint density at radius 3 is 2.35 bits per heavy atom. The fraction of sp³-hybridized carbons (Fsp3) is 0.167. The highest BCUT2D eigenvalue weighted by molar-refractivity contribution is 6.05. The van der Waals surface area contributed by atoms with Crippen molar-refractivity contribution in [3.05, 3.63) is 71.3 Å². The number of nitrogens with one attached hydrogen (secondary N) is 1. The van der Waals surface area contributed by atoms with Crippen molar-refractivity contribution in [1.82, 2.24) is 14.8 Å². The number of aromatic nitrogens is 3. The number of aryl methyl sites for hydroxylation is 2. The minimum absolute atomic E-state index is 0.00511. The summed E-state index contributed by atoms with van der Waals surface area (Å²) in [7, 11) is 0. The van der Waals surface area contributed by atoms with Crippen LogP contribution in [0.1, 0.15) is 27.0 Å². The molecule has 8 heteroatoms. The summed E-state index contributed by atoms with van der Waals surface area (Å²) in [6.07, 6.45) is -1.93. The van der Waals surface area contributed by atoms with E-state index in [9.17, 15) is 18.0 Å². The average Bonchev–Trinajstić information content (AvgIpc) is 3.07. The number of carbonyl (C=O) groups excluding carboxylic acids is 1. The highest BCUT2D eigenvalue weighted by Crippen LogP contribution is 2.33. The third kappa shape index (κ3) is 3.74. The van der Waals surface area contributed by atoms with Crippen LogP contribution in [0.3, 0.4) is 0 Å². The van der Waals surface area contributed by atoms with Crippen LogP contribution in [0.5, 0.6) is 0 Å². The van der Waals surface area contributed by atoms with Crippen LogP contribution in [-0.2, 0) is 6.18 Å². The Labute approximate surface area is 147 Å². The lowest BCUT2D eigenvalue weighted by atomic mass is 10.1. The van der Waals surface area contributed by atoms with Crippen molar-refractivity contribution in [3.8, 4) is 5.69 Å². The summed E-state index contributed by atoms with van der Waals surface area (Å²) < 4.78 is 40.5. The van der Waals surface area contributed by atoms with Gasteiger partial charge in [0.15, 0.2) is 0 Å². The van der Waals surface area contributed by atoms with Crippen molar-refractivity contribution in [2.75, 3.05) is 5.32 Å². The van der Waals surface area contributed by atoms with E-state index in [0.29, 0.717) is 5.56 Å². The van der Waals surface area contributed by atoms with Crippen molar-refractivity contribution < 1.29 is 18.0 Å². The topological polar surface area (TPSA) is 59.8 Å². The maximum atomic E-state index is 13.1. The van der Waals surface area contributed by atoms with Gasteiger partial charge < -0.3 is 5.32 Å². The Morgan fingerprint density at radius 1 is 1.08 bits per heavy atom. The lowest BCUT2D eigenvalue weighted by Gasteiger charge is -2.15. The lowest BCUT2D eigenvalue weighted by molar-refractivity contribution is -0.137. The van der Waals surface area contributed by atoms with Crippen LogP contribution in [0.4, 0.5) is 18.9 Å². The van der Waals surface area contributed by atoms with Crippen LogP contribution in [-0.4, -0.2) is 20.7 Å². The standard InChI is InChI=1S/C18H15F3N4O/c1-11-5-12(2)7-13(6-11)17(26)24-15-8-14(18(19,20)21)3-4-16(15)25-10-22-9-23-25/h3-10H,1-2H3,(H,24,26). The first-order chi connectivity index (χ1) is 12.2. The van der Waals surface area contributed by atoms with Crippen molar-refractivity contribution in [1.29, 1.82) is 0 Å². The normalized spacial score (nSPS) is 11.4. The smallest absolute Gasteiger partial charge is 0.320 e. The summed E-state index contributed by atoms with van der Waals surface area (Å²) in [4.78, 5) is 16.4. The monoisotopic (exact) mass is 360 g/mol. The number of rotatable bonds is 3. The quantitative estimate of drug-likeness (QED) is 0.763. The van der Waals surface area contributed by atoms with Gasteiger partial charge in [0, 0.05) is 5.56 Å². The van der Waals surface area contributed by atoms with Crippen LogP contribution in [0.15, 0.2) is 49.1 Å². The van der Waals surface area contributed by atoms with Crippen LogP contribution in [0, 0.1) is 13.8 Å². The molecule has 0 aliphatic heterocycles. The van der Waals surface area contributed by atoms with Gasteiger partial charge in [-0.2, -0.15) is 18.3 Å². The Morgan fingerprint density at radius 2 is 1.77 bits per heavy atom. The van der Waals surface area contributed by atoms with Gasteiger partial charge in [-0.25, -0.2) is 9.67 Å². The third-order valence-electron chi connectivity index (χ3n) is 3.72. The summed E-state index contributed by atoms with van der Waals surface area (Å²) in [5.74, 6) is -0.502. The van der Waals surface area contributed by atoms with Crippen molar-refractivity contribution in [2.45, 2.75) is 20.0 Å². The molecule has 3 aromatic rings. The molecule has 3 rings (SSSR count). The van der Waals surface area contributed by atoms with E-state index in [0.717, 1.165) is 23.3 Å².